The molecular weight excluding hydrogens is 350 g/mol. The van der Waals surface area contributed by atoms with E-state index in [-0.39, 0.29) is 0 Å². The van der Waals surface area contributed by atoms with Crippen molar-refractivity contribution in [3.05, 3.63) is 47.5 Å². The molecule has 1 unspecified atom stereocenters. The Morgan fingerprint density at radius 2 is 1.96 bits per heavy atom. The summed E-state index contributed by atoms with van der Waals surface area (Å²) in [5.74, 6) is 2.80. The van der Waals surface area contributed by atoms with Crippen molar-refractivity contribution in [2.24, 2.45) is 12.0 Å². The van der Waals surface area contributed by atoms with E-state index in [1.165, 1.54) is 12.0 Å². The third kappa shape index (κ3) is 4.90. The molecule has 1 N–H and O–H groups in total. The first-order chi connectivity index (χ1) is 13.6. The molecule has 152 valence electrons. The molecule has 1 fully saturated rings. The van der Waals surface area contributed by atoms with Crippen molar-refractivity contribution in [1.29, 1.82) is 0 Å². The standard InChI is InChI=1S/C21H33N7/c1-5-27(6-2)19-12-13-28(16-19)21(22-14-18-10-8-7-9-11-18)23-15-20-25-24-17(3)26(20)4/h7-11,19H,5-6,12-16H2,1-4H3,(H,22,23). The Morgan fingerprint density at radius 3 is 2.61 bits per heavy atom. The number of likely N-dealkylation sites (N-methyl/N-ethyl adjacent to an activating group) is 1. The zero-order chi connectivity index (χ0) is 19.9. The second-order valence-corrected chi connectivity index (χ2v) is 7.31. The van der Waals surface area contributed by atoms with Gasteiger partial charge in [0.2, 0.25) is 0 Å². The zero-order valence-electron chi connectivity index (χ0n) is 17.6. The van der Waals surface area contributed by atoms with Gasteiger partial charge in [-0.25, -0.2) is 4.99 Å². The third-order valence-corrected chi connectivity index (χ3v) is 5.63. The molecule has 0 radical (unpaired) electrons. The lowest BCUT2D eigenvalue weighted by molar-refractivity contribution is 0.223. The summed E-state index contributed by atoms with van der Waals surface area (Å²) < 4.78 is 2.02. The van der Waals surface area contributed by atoms with E-state index in [2.05, 4.69) is 63.4 Å². The van der Waals surface area contributed by atoms with Gasteiger partial charge < -0.3 is 14.8 Å². The van der Waals surface area contributed by atoms with Crippen LogP contribution in [0.2, 0.25) is 0 Å². The van der Waals surface area contributed by atoms with Crippen molar-refractivity contribution in [3.8, 4) is 0 Å². The van der Waals surface area contributed by atoms with Crippen LogP contribution in [0.1, 0.15) is 37.5 Å². The maximum Gasteiger partial charge on any atom is 0.194 e. The number of likely N-dealkylation sites (tertiary alicyclic amines) is 1. The van der Waals surface area contributed by atoms with Crippen LogP contribution < -0.4 is 5.32 Å². The predicted octanol–water partition coefficient (Wildman–Crippen LogP) is 2.19. The molecule has 0 saturated carbocycles. The highest BCUT2D eigenvalue weighted by Gasteiger charge is 2.28. The number of aliphatic imine (C=N–C) groups is 1. The molecule has 28 heavy (non-hydrogen) atoms. The minimum atomic E-state index is 0.593. The summed E-state index contributed by atoms with van der Waals surface area (Å²) in [5, 5.41) is 12.0. The maximum absolute atomic E-state index is 4.93. The van der Waals surface area contributed by atoms with Crippen molar-refractivity contribution < 1.29 is 0 Å². The number of nitrogens with zero attached hydrogens (tertiary/aromatic N) is 6. The number of guanidine groups is 1. The summed E-state index contributed by atoms with van der Waals surface area (Å²) in [5.41, 5.74) is 1.22. The van der Waals surface area contributed by atoms with Crippen LogP contribution in [0.25, 0.3) is 0 Å². The van der Waals surface area contributed by atoms with E-state index in [9.17, 15) is 0 Å². The van der Waals surface area contributed by atoms with E-state index >= 15 is 0 Å². The van der Waals surface area contributed by atoms with Crippen molar-refractivity contribution in [1.82, 2.24) is 29.9 Å². The van der Waals surface area contributed by atoms with Gasteiger partial charge in [0.1, 0.15) is 5.82 Å². The number of benzene rings is 1. The fraction of sp³-hybridized carbons (Fsp3) is 0.571. The van der Waals surface area contributed by atoms with Gasteiger partial charge in [-0.3, -0.25) is 4.90 Å². The smallest absolute Gasteiger partial charge is 0.194 e. The molecule has 0 amide bonds. The average Bonchev–Trinajstić information content (AvgIpc) is 3.32. The Balaban J connectivity index is 1.71. The predicted molar refractivity (Wildman–Crippen MR) is 113 cm³/mol. The number of rotatable bonds is 7. The van der Waals surface area contributed by atoms with Crippen LogP contribution in [0.15, 0.2) is 35.3 Å². The summed E-state index contributed by atoms with van der Waals surface area (Å²) in [7, 11) is 2.00. The Hall–Kier alpha value is -2.41. The van der Waals surface area contributed by atoms with Crippen LogP contribution in [0, 0.1) is 6.92 Å². The van der Waals surface area contributed by atoms with E-state index in [4.69, 9.17) is 4.99 Å². The van der Waals surface area contributed by atoms with Crippen molar-refractivity contribution in [3.63, 3.8) is 0 Å². The summed E-state index contributed by atoms with van der Waals surface area (Å²) in [4.78, 5) is 9.86. The van der Waals surface area contributed by atoms with E-state index in [1.807, 2.05) is 24.6 Å². The molecule has 1 saturated heterocycles. The molecule has 1 aliphatic rings. The molecule has 7 nitrogen and oxygen atoms in total. The number of aryl methyl sites for hydroxylation is 1. The van der Waals surface area contributed by atoms with Crippen molar-refractivity contribution >= 4 is 5.96 Å². The van der Waals surface area contributed by atoms with Crippen molar-refractivity contribution in [2.75, 3.05) is 26.2 Å². The Bertz CT molecular complexity index is 764. The lowest BCUT2D eigenvalue weighted by Gasteiger charge is -2.27. The fourth-order valence-electron chi connectivity index (χ4n) is 3.75. The largest absolute Gasteiger partial charge is 0.349 e. The van der Waals surface area contributed by atoms with Crippen LogP contribution >= 0.6 is 0 Å². The van der Waals surface area contributed by atoms with Gasteiger partial charge in [-0.15, -0.1) is 10.2 Å². The highest BCUT2D eigenvalue weighted by molar-refractivity contribution is 5.80. The molecule has 2 aromatic rings. The van der Waals surface area contributed by atoms with Gasteiger partial charge >= 0.3 is 0 Å². The Kier molecular flexibility index (Phi) is 7.03. The number of aromatic nitrogens is 3. The Labute approximate surface area is 168 Å². The van der Waals surface area contributed by atoms with Crippen molar-refractivity contribution in [2.45, 2.75) is 46.3 Å². The molecule has 1 atom stereocenters. The Morgan fingerprint density at radius 1 is 1.21 bits per heavy atom. The molecule has 1 aromatic heterocycles. The quantitative estimate of drug-likeness (QED) is 0.587. The van der Waals surface area contributed by atoms with Crippen LogP contribution in [-0.4, -0.2) is 62.7 Å². The molecule has 0 aliphatic carbocycles. The highest BCUT2D eigenvalue weighted by Crippen LogP contribution is 2.16. The molecule has 1 aliphatic heterocycles. The number of hydrogen-bond acceptors (Lipinski definition) is 4. The molecule has 3 rings (SSSR count). The normalized spacial score (nSPS) is 17.5. The summed E-state index contributed by atoms with van der Waals surface area (Å²) in [6, 6.07) is 11.0. The summed E-state index contributed by atoms with van der Waals surface area (Å²) in [6.07, 6.45) is 1.18. The fourth-order valence-corrected chi connectivity index (χ4v) is 3.75. The first kappa shape index (κ1) is 20.3. The lowest BCUT2D eigenvalue weighted by atomic mass is 10.2. The molecule has 1 aromatic carbocycles. The molecule has 0 spiro atoms. The number of nitrogens with one attached hydrogen (secondary N) is 1. The van der Waals surface area contributed by atoms with Gasteiger partial charge in [-0.05, 0) is 32.0 Å². The average molecular weight is 384 g/mol. The first-order valence-electron chi connectivity index (χ1n) is 10.3. The minimum absolute atomic E-state index is 0.593. The SMILES string of the molecule is CCN(CC)C1CCN(C(=NCc2ccccc2)NCc2nnc(C)n2C)C1. The second-order valence-electron chi connectivity index (χ2n) is 7.31. The van der Waals surface area contributed by atoms with Crippen LogP contribution in [-0.2, 0) is 20.1 Å². The van der Waals surface area contributed by atoms with Gasteiger partial charge in [-0.1, -0.05) is 44.2 Å². The van der Waals surface area contributed by atoms with Crippen LogP contribution in [0.5, 0.6) is 0 Å². The van der Waals surface area contributed by atoms with Crippen LogP contribution in [0.3, 0.4) is 0 Å². The van der Waals surface area contributed by atoms with Gasteiger partial charge in [0, 0.05) is 26.2 Å². The zero-order valence-corrected chi connectivity index (χ0v) is 17.6. The lowest BCUT2D eigenvalue weighted by Crippen LogP contribution is -2.43. The third-order valence-electron chi connectivity index (χ3n) is 5.63. The van der Waals surface area contributed by atoms with Gasteiger partial charge in [-0.2, -0.15) is 0 Å². The van der Waals surface area contributed by atoms with Gasteiger partial charge in [0.15, 0.2) is 11.8 Å². The van der Waals surface area contributed by atoms with Gasteiger partial charge in [0.05, 0.1) is 13.1 Å². The minimum Gasteiger partial charge on any atom is -0.349 e. The first-order valence-corrected chi connectivity index (χ1v) is 10.3. The molecule has 2 heterocycles. The number of hydrogen-bond donors (Lipinski definition) is 1. The van der Waals surface area contributed by atoms with E-state index in [0.29, 0.717) is 19.1 Å². The summed E-state index contributed by atoms with van der Waals surface area (Å²) >= 11 is 0. The summed E-state index contributed by atoms with van der Waals surface area (Å²) in [6.45, 7) is 12.0. The molecule has 0 bridgehead atoms. The second kappa shape index (κ2) is 9.68. The van der Waals surface area contributed by atoms with Gasteiger partial charge in [0.25, 0.3) is 0 Å². The molecule has 7 heteroatoms. The maximum atomic E-state index is 4.93. The highest BCUT2D eigenvalue weighted by atomic mass is 15.4. The molecular formula is C21H33N7. The van der Waals surface area contributed by atoms with E-state index in [0.717, 1.165) is 43.8 Å². The van der Waals surface area contributed by atoms with Crippen LogP contribution in [0.4, 0.5) is 0 Å². The van der Waals surface area contributed by atoms with E-state index in [1.54, 1.807) is 0 Å². The van der Waals surface area contributed by atoms with E-state index < -0.39 is 0 Å². The monoisotopic (exact) mass is 383 g/mol. The topological polar surface area (TPSA) is 61.6 Å².